The molecule has 0 spiro atoms. The fourth-order valence-electron chi connectivity index (χ4n) is 5.06. The Balaban J connectivity index is 1.61. The van der Waals surface area contributed by atoms with Crippen molar-refractivity contribution >= 4 is 39.1 Å². The first-order valence-corrected chi connectivity index (χ1v) is 14.0. The molecule has 2 saturated heterocycles. The molecule has 2 aliphatic heterocycles. The van der Waals surface area contributed by atoms with Gasteiger partial charge in [0.05, 0.1) is 24.2 Å². The molecule has 2 aromatic carbocycles. The third-order valence-electron chi connectivity index (χ3n) is 6.80. The number of ether oxygens (including phenoxy) is 1. The lowest BCUT2D eigenvalue weighted by atomic mass is 9.90. The summed E-state index contributed by atoms with van der Waals surface area (Å²) < 4.78 is 35.0. The molecule has 2 heterocycles. The summed E-state index contributed by atoms with van der Waals surface area (Å²) in [5.41, 5.74) is 1.05. The molecule has 0 aliphatic carbocycles. The molecule has 0 aromatic heterocycles. The Morgan fingerprint density at radius 1 is 1.14 bits per heavy atom. The number of fused-ring (bicyclic) bond motifs is 2. The zero-order valence-electron chi connectivity index (χ0n) is 19.6. The molecule has 1 amide bonds. The molecule has 2 bridgehead atoms. The van der Waals surface area contributed by atoms with E-state index < -0.39 is 16.1 Å². The highest BCUT2D eigenvalue weighted by Crippen LogP contribution is 2.38. The van der Waals surface area contributed by atoms with Crippen LogP contribution in [-0.2, 0) is 26.2 Å². The van der Waals surface area contributed by atoms with Gasteiger partial charge in [-0.25, -0.2) is 8.42 Å². The standard InChI is InChI=1S/C26H30Cl2N2O4S/c1-3-20-15-29(18(2)16-34-17-19-8-5-4-6-9-19)26(31)25-11-7-10-24(20)30(25)35(32,33)23-13-21(27)12-22(28)14-23/h3-6,8-9,12-14,18,20,24-25H,1,7,10-11,15-17H2,2H3/t18-,20?,24?,25?/m0/s1. The van der Waals surface area contributed by atoms with Crippen LogP contribution in [0.3, 0.4) is 0 Å². The SMILES string of the molecule is C=CC1CN([C@@H](C)COCc2ccccc2)C(=O)C2CCCC1N2S(=O)(=O)c1cc(Cl)cc(Cl)c1. The van der Waals surface area contributed by atoms with Gasteiger partial charge in [-0.3, -0.25) is 4.79 Å². The summed E-state index contributed by atoms with van der Waals surface area (Å²) in [5.74, 6) is -0.420. The van der Waals surface area contributed by atoms with E-state index in [1.807, 2.05) is 37.3 Å². The molecule has 0 radical (unpaired) electrons. The second-order valence-electron chi connectivity index (χ2n) is 9.19. The Bertz CT molecular complexity index is 1150. The van der Waals surface area contributed by atoms with Gasteiger partial charge < -0.3 is 9.64 Å². The third-order valence-corrected chi connectivity index (χ3v) is 9.15. The van der Waals surface area contributed by atoms with E-state index >= 15 is 0 Å². The molecule has 2 aliphatic rings. The van der Waals surface area contributed by atoms with E-state index in [2.05, 4.69) is 6.58 Å². The van der Waals surface area contributed by atoms with E-state index in [0.29, 0.717) is 32.6 Å². The van der Waals surface area contributed by atoms with Crippen molar-refractivity contribution in [3.8, 4) is 0 Å². The minimum absolute atomic E-state index is 0.00444. The first-order chi connectivity index (χ1) is 16.7. The second kappa shape index (κ2) is 11.0. The van der Waals surface area contributed by atoms with Crippen LogP contribution in [0.5, 0.6) is 0 Å². The minimum Gasteiger partial charge on any atom is -0.375 e. The molecule has 6 nitrogen and oxygen atoms in total. The van der Waals surface area contributed by atoms with Crippen LogP contribution in [-0.4, -0.2) is 54.8 Å². The number of piperidine rings is 1. The van der Waals surface area contributed by atoms with Crippen LogP contribution in [0.4, 0.5) is 0 Å². The highest BCUT2D eigenvalue weighted by molar-refractivity contribution is 7.89. The molecule has 0 saturated carbocycles. The number of carbonyl (C=O) groups excluding carboxylic acids is 1. The molecule has 4 rings (SSSR count). The summed E-state index contributed by atoms with van der Waals surface area (Å²) >= 11 is 12.2. The van der Waals surface area contributed by atoms with Crippen LogP contribution < -0.4 is 0 Å². The van der Waals surface area contributed by atoms with Gasteiger partial charge in [-0.05, 0) is 49.9 Å². The molecule has 9 heteroatoms. The Morgan fingerprint density at radius 2 is 1.83 bits per heavy atom. The van der Waals surface area contributed by atoms with Gasteiger partial charge in [-0.1, -0.05) is 59.6 Å². The van der Waals surface area contributed by atoms with Gasteiger partial charge in [-0.15, -0.1) is 6.58 Å². The highest BCUT2D eigenvalue weighted by Gasteiger charge is 2.50. The van der Waals surface area contributed by atoms with Crippen LogP contribution in [0.15, 0.2) is 66.1 Å². The van der Waals surface area contributed by atoms with Crippen molar-refractivity contribution in [2.24, 2.45) is 5.92 Å². The molecule has 3 unspecified atom stereocenters. The summed E-state index contributed by atoms with van der Waals surface area (Å²) in [6.07, 6.45) is 3.64. The fourth-order valence-corrected chi connectivity index (χ4v) is 7.66. The van der Waals surface area contributed by atoms with Gasteiger partial charge in [0.2, 0.25) is 15.9 Å². The smallest absolute Gasteiger partial charge is 0.244 e. The van der Waals surface area contributed by atoms with Gasteiger partial charge in [-0.2, -0.15) is 4.31 Å². The van der Waals surface area contributed by atoms with E-state index in [1.54, 1.807) is 11.0 Å². The number of halogens is 2. The van der Waals surface area contributed by atoms with Crippen LogP contribution in [0.25, 0.3) is 0 Å². The van der Waals surface area contributed by atoms with Gasteiger partial charge in [0.15, 0.2) is 0 Å². The number of hydrogen-bond acceptors (Lipinski definition) is 4. The molecule has 0 N–H and O–H groups in total. The third kappa shape index (κ3) is 5.59. The van der Waals surface area contributed by atoms with Gasteiger partial charge in [0.1, 0.15) is 6.04 Å². The number of benzene rings is 2. The summed E-state index contributed by atoms with van der Waals surface area (Å²) in [4.78, 5) is 15.6. The zero-order chi connectivity index (χ0) is 25.2. The van der Waals surface area contributed by atoms with Crippen molar-refractivity contribution in [2.45, 2.75) is 55.8 Å². The molecular weight excluding hydrogens is 507 g/mol. The first kappa shape index (κ1) is 26.2. The summed E-state index contributed by atoms with van der Waals surface area (Å²) in [6, 6.07) is 12.7. The molecule has 188 valence electrons. The predicted molar refractivity (Wildman–Crippen MR) is 138 cm³/mol. The average Bonchev–Trinajstić information content (AvgIpc) is 2.90. The van der Waals surface area contributed by atoms with Crippen molar-refractivity contribution in [2.75, 3.05) is 13.2 Å². The Labute approximate surface area is 217 Å². The van der Waals surface area contributed by atoms with Crippen molar-refractivity contribution in [1.29, 1.82) is 0 Å². The number of sulfonamides is 1. The largest absolute Gasteiger partial charge is 0.375 e. The highest BCUT2D eigenvalue weighted by atomic mass is 35.5. The second-order valence-corrected chi connectivity index (χ2v) is 11.9. The van der Waals surface area contributed by atoms with E-state index in [9.17, 15) is 13.2 Å². The Kier molecular flexibility index (Phi) is 8.23. The number of nitrogens with zero attached hydrogens (tertiary/aromatic N) is 2. The molecule has 4 atom stereocenters. The zero-order valence-corrected chi connectivity index (χ0v) is 22.0. The normalized spacial score (nSPS) is 24.1. The van der Waals surface area contributed by atoms with Crippen LogP contribution in [0.1, 0.15) is 31.7 Å². The minimum atomic E-state index is -4.03. The van der Waals surface area contributed by atoms with Crippen molar-refractivity contribution < 1.29 is 17.9 Å². The quantitative estimate of drug-likeness (QED) is 0.437. The topological polar surface area (TPSA) is 66.9 Å². The lowest BCUT2D eigenvalue weighted by Gasteiger charge is -2.40. The fraction of sp³-hybridized carbons (Fsp3) is 0.423. The Hall–Kier alpha value is -1.90. The first-order valence-electron chi connectivity index (χ1n) is 11.8. The monoisotopic (exact) mass is 536 g/mol. The van der Waals surface area contributed by atoms with Gasteiger partial charge in [0.25, 0.3) is 0 Å². The molecule has 35 heavy (non-hydrogen) atoms. The Morgan fingerprint density at radius 3 is 2.49 bits per heavy atom. The maximum absolute atomic E-state index is 13.8. The maximum atomic E-state index is 13.8. The number of hydrogen-bond donors (Lipinski definition) is 0. The van der Waals surface area contributed by atoms with Crippen molar-refractivity contribution in [3.05, 3.63) is 76.8 Å². The maximum Gasteiger partial charge on any atom is 0.244 e. The van der Waals surface area contributed by atoms with E-state index in [-0.39, 0.29) is 38.8 Å². The van der Waals surface area contributed by atoms with Crippen LogP contribution in [0, 0.1) is 5.92 Å². The van der Waals surface area contributed by atoms with Gasteiger partial charge in [0, 0.05) is 28.5 Å². The van der Waals surface area contributed by atoms with E-state index in [4.69, 9.17) is 27.9 Å². The van der Waals surface area contributed by atoms with Crippen molar-refractivity contribution in [3.63, 3.8) is 0 Å². The predicted octanol–water partition coefficient (Wildman–Crippen LogP) is 5.15. The lowest BCUT2D eigenvalue weighted by molar-refractivity contribution is -0.138. The molecular formula is C26H30Cl2N2O4S. The number of amides is 1. The summed E-state index contributed by atoms with van der Waals surface area (Å²) in [6.45, 7) is 7.10. The van der Waals surface area contributed by atoms with Crippen LogP contribution >= 0.6 is 23.2 Å². The number of rotatable bonds is 8. The van der Waals surface area contributed by atoms with Gasteiger partial charge >= 0.3 is 0 Å². The summed E-state index contributed by atoms with van der Waals surface area (Å²) in [7, 11) is -4.03. The number of carbonyl (C=O) groups is 1. The van der Waals surface area contributed by atoms with Crippen LogP contribution in [0.2, 0.25) is 10.0 Å². The average molecular weight is 538 g/mol. The summed E-state index contributed by atoms with van der Waals surface area (Å²) in [5, 5.41) is 0.460. The molecule has 2 fully saturated rings. The van der Waals surface area contributed by atoms with E-state index in [0.717, 1.165) is 12.0 Å². The van der Waals surface area contributed by atoms with E-state index in [1.165, 1.54) is 22.5 Å². The molecule has 2 aromatic rings. The van der Waals surface area contributed by atoms with Crippen molar-refractivity contribution in [1.82, 2.24) is 9.21 Å². The lowest BCUT2D eigenvalue weighted by Crippen LogP contribution is -2.55.